The number of amides is 1. The SMILES string of the molecule is CC(C)N(CCN)C(=O)c1ccccc1C(C)(C)C. The maximum absolute atomic E-state index is 12.7. The van der Waals surface area contributed by atoms with Gasteiger partial charge in [0.05, 0.1) is 0 Å². The molecular formula is C16H26N2O. The first-order valence-corrected chi connectivity index (χ1v) is 6.89. The van der Waals surface area contributed by atoms with Crippen molar-refractivity contribution in [3.8, 4) is 0 Å². The van der Waals surface area contributed by atoms with E-state index < -0.39 is 0 Å². The summed E-state index contributed by atoms with van der Waals surface area (Å²) in [6.45, 7) is 11.5. The molecule has 0 spiro atoms. The number of benzene rings is 1. The van der Waals surface area contributed by atoms with E-state index in [0.29, 0.717) is 13.1 Å². The van der Waals surface area contributed by atoms with Gasteiger partial charge in [0.2, 0.25) is 0 Å². The lowest BCUT2D eigenvalue weighted by atomic mass is 9.83. The van der Waals surface area contributed by atoms with E-state index in [1.54, 1.807) is 0 Å². The monoisotopic (exact) mass is 262 g/mol. The minimum Gasteiger partial charge on any atom is -0.335 e. The van der Waals surface area contributed by atoms with E-state index in [2.05, 4.69) is 20.8 Å². The third-order valence-corrected chi connectivity index (χ3v) is 3.22. The molecule has 0 unspecified atom stereocenters. The highest BCUT2D eigenvalue weighted by atomic mass is 16.2. The second kappa shape index (κ2) is 6.20. The van der Waals surface area contributed by atoms with Gasteiger partial charge in [-0.1, -0.05) is 39.0 Å². The molecular weight excluding hydrogens is 236 g/mol. The molecule has 0 fully saturated rings. The minimum atomic E-state index is -0.0440. The number of rotatable bonds is 4. The third-order valence-electron chi connectivity index (χ3n) is 3.22. The van der Waals surface area contributed by atoms with E-state index >= 15 is 0 Å². The first kappa shape index (κ1) is 15.7. The van der Waals surface area contributed by atoms with Gasteiger partial charge < -0.3 is 10.6 Å². The van der Waals surface area contributed by atoms with Crippen molar-refractivity contribution in [2.75, 3.05) is 13.1 Å². The number of hydrogen-bond donors (Lipinski definition) is 1. The average molecular weight is 262 g/mol. The zero-order valence-electron chi connectivity index (χ0n) is 12.7. The van der Waals surface area contributed by atoms with Crippen LogP contribution >= 0.6 is 0 Å². The quantitative estimate of drug-likeness (QED) is 0.907. The molecule has 0 heterocycles. The van der Waals surface area contributed by atoms with E-state index in [4.69, 9.17) is 5.73 Å². The highest BCUT2D eigenvalue weighted by molar-refractivity contribution is 5.96. The summed E-state index contributed by atoms with van der Waals surface area (Å²) < 4.78 is 0. The van der Waals surface area contributed by atoms with Crippen LogP contribution in [0.1, 0.15) is 50.5 Å². The number of carbonyl (C=O) groups excluding carboxylic acids is 1. The van der Waals surface area contributed by atoms with Crippen molar-refractivity contribution in [1.29, 1.82) is 0 Å². The fourth-order valence-electron chi connectivity index (χ4n) is 2.21. The first-order valence-electron chi connectivity index (χ1n) is 6.89. The number of nitrogens with zero attached hydrogens (tertiary/aromatic N) is 1. The van der Waals surface area contributed by atoms with Crippen molar-refractivity contribution in [2.45, 2.75) is 46.1 Å². The Balaban J connectivity index is 3.18. The van der Waals surface area contributed by atoms with Crippen LogP contribution in [0.25, 0.3) is 0 Å². The lowest BCUT2D eigenvalue weighted by molar-refractivity contribution is 0.0709. The molecule has 106 valence electrons. The summed E-state index contributed by atoms with van der Waals surface area (Å²) in [5.74, 6) is 0.0750. The molecule has 0 aliphatic rings. The Kier molecular flexibility index (Phi) is 5.12. The Morgan fingerprint density at radius 2 is 1.84 bits per heavy atom. The molecule has 1 aromatic rings. The molecule has 1 rings (SSSR count). The Morgan fingerprint density at radius 1 is 1.26 bits per heavy atom. The van der Waals surface area contributed by atoms with Crippen molar-refractivity contribution in [1.82, 2.24) is 4.90 Å². The fourth-order valence-corrected chi connectivity index (χ4v) is 2.21. The number of carbonyl (C=O) groups is 1. The summed E-state index contributed by atoms with van der Waals surface area (Å²) in [6.07, 6.45) is 0. The van der Waals surface area contributed by atoms with Crippen LogP contribution in [0.5, 0.6) is 0 Å². The van der Waals surface area contributed by atoms with Crippen LogP contribution in [0.4, 0.5) is 0 Å². The first-order chi connectivity index (χ1) is 8.79. The van der Waals surface area contributed by atoms with E-state index in [1.807, 2.05) is 43.0 Å². The second-order valence-corrected chi connectivity index (χ2v) is 6.18. The summed E-state index contributed by atoms with van der Waals surface area (Å²) in [5.41, 5.74) is 7.44. The molecule has 0 saturated heterocycles. The maximum atomic E-state index is 12.7. The van der Waals surface area contributed by atoms with Gasteiger partial charge in [0.25, 0.3) is 5.91 Å². The summed E-state index contributed by atoms with van der Waals surface area (Å²) in [5, 5.41) is 0. The van der Waals surface area contributed by atoms with Crippen LogP contribution in [0.2, 0.25) is 0 Å². The summed E-state index contributed by atoms with van der Waals surface area (Å²) in [7, 11) is 0. The van der Waals surface area contributed by atoms with E-state index in [9.17, 15) is 4.79 Å². The molecule has 3 heteroatoms. The third kappa shape index (κ3) is 3.80. The lowest BCUT2D eigenvalue weighted by Gasteiger charge is -2.29. The molecule has 0 atom stereocenters. The smallest absolute Gasteiger partial charge is 0.254 e. The van der Waals surface area contributed by atoms with Crippen molar-refractivity contribution in [2.24, 2.45) is 5.73 Å². The molecule has 2 N–H and O–H groups in total. The maximum Gasteiger partial charge on any atom is 0.254 e. The Morgan fingerprint density at radius 3 is 2.32 bits per heavy atom. The second-order valence-electron chi connectivity index (χ2n) is 6.18. The molecule has 19 heavy (non-hydrogen) atoms. The zero-order valence-corrected chi connectivity index (χ0v) is 12.7. The fraction of sp³-hybridized carbons (Fsp3) is 0.562. The van der Waals surface area contributed by atoms with Crippen molar-refractivity contribution >= 4 is 5.91 Å². The zero-order chi connectivity index (χ0) is 14.6. The van der Waals surface area contributed by atoms with Crippen molar-refractivity contribution in [3.63, 3.8) is 0 Å². The Labute approximate surface area is 116 Å². The highest BCUT2D eigenvalue weighted by Gasteiger charge is 2.25. The van der Waals surface area contributed by atoms with Gasteiger partial charge in [0, 0.05) is 24.7 Å². The van der Waals surface area contributed by atoms with Gasteiger partial charge in [0.1, 0.15) is 0 Å². The summed E-state index contributed by atoms with van der Waals surface area (Å²) in [6, 6.07) is 8.01. The van der Waals surface area contributed by atoms with E-state index in [0.717, 1.165) is 11.1 Å². The molecule has 0 aliphatic carbocycles. The topological polar surface area (TPSA) is 46.3 Å². The van der Waals surface area contributed by atoms with E-state index in [1.165, 1.54) is 0 Å². The number of nitrogens with two attached hydrogens (primary N) is 1. The molecule has 1 amide bonds. The standard InChI is InChI=1S/C16H26N2O/c1-12(2)18(11-10-17)15(19)13-8-6-7-9-14(13)16(3,4)5/h6-9,12H,10-11,17H2,1-5H3. The van der Waals surface area contributed by atoms with Crippen molar-refractivity contribution < 1.29 is 4.79 Å². The van der Waals surface area contributed by atoms with Crippen LogP contribution in [0, 0.1) is 0 Å². The van der Waals surface area contributed by atoms with Gasteiger partial charge in [-0.2, -0.15) is 0 Å². The van der Waals surface area contributed by atoms with Gasteiger partial charge >= 0.3 is 0 Å². The van der Waals surface area contributed by atoms with Gasteiger partial charge in [-0.05, 0) is 30.9 Å². The minimum absolute atomic E-state index is 0.0440. The van der Waals surface area contributed by atoms with Crippen LogP contribution in [0.3, 0.4) is 0 Å². The lowest BCUT2D eigenvalue weighted by Crippen LogP contribution is -2.41. The predicted molar refractivity (Wildman–Crippen MR) is 80.4 cm³/mol. The molecule has 0 radical (unpaired) electrons. The summed E-state index contributed by atoms with van der Waals surface area (Å²) >= 11 is 0. The summed E-state index contributed by atoms with van der Waals surface area (Å²) in [4.78, 5) is 14.6. The van der Waals surface area contributed by atoms with Gasteiger partial charge in [-0.15, -0.1) is 0 Å². The highest BCUT2D eigenvalue weighted by Crippen LogP contribution is 2.26. The molecule has 0 bridgehead atoms. The molecule has 0 saturated carbocycles. The van der Waals surface area contributed by atoms with Crippen LogP contribution in [-0.4, -0.2) is 29.9 Å². The molecule has 0 aromatic heterocycles. The Bertz CT molecular complexity index is 433. The largest absolute Gasteiger partial charge is 0.335 e. The van der Waals surface area contributed by atoms with Gasteiger partial charge in [-0.25, -0.2) is 0 Å². The normalized spacial score (nSPS) is 11.7. The van der Waals surface area contributed by atoms with Crippen LogP contribution in [-0.2, 0) is 5.41 Å². The van der Waals surface area contributed by atoms with Gasteiger partial charge in [-0.3, -0.25) is 4.79 Å². The van der Waals surface area contributed by atoms with E-state index in [-0.39, 0.29) is 17.4 Å². The Hall–Kier alpha value is -1.35. The van der Waals surface area contributed by atoms with Crippen molar-refractivity contribution in [3.05, 3.63) is 35.4 Å². The van der Waals surface area contributed by atoms with Crippen LogP contribution in [0.15, 0.2) is 24.3 Å². The molecule has 1 aromatic carbocycles. The molecule has 3 nitrogen and oxygen atoms in total. The van der Waals surface area contributed by atoms with Gasteiger partial charge in [0.15, 0.2) is 0 Å². The van der Waals surface area contributed by atoms with Crippen LogP contribution < -0.4 is 5.73 Å². The number of hydrogen-bond acceptors (Lipinski definition) is 2. The average Bonchev–Trinajstić information content (AvgIpc) is 2.33. The predicted octanol–water partition coefficient (Wildman–Crippen LogP) is 2.79. The molecule has 0 aliphatic heterocycles.